The minimum atomic E-state index is 0.447. The molecule has 0 saturated heterocycles. The van der Waals surface area contributed by atoms with Crippen molar-refractivity contribution in [1.29, 1.82) is 0 Å². The van der Waals surface area contributed by atoms with Crippen LogP contribution in [0.1, 0.15) is 19.8 Å². The van der Waals surface area contributed by atoms with Gasteiger partial charge in [-0.2, -0.15) is 4.68 Å². The van der Waals surface area contributed by atoms with Gasteiger partial charge in [0, 0.05) is 6.04 Å². The first-order chi connectivity index (χ1) is 10.3. The molecule has 0 spiro atoms. The van der Waals surface area contributed by atoms with Gasteiger partial charge >= 0.3 is 0 Å². The van der Waals surface area contributed by atoms with Crippen molar-refractivity contribution in [2.75, 3.05) is 5.32 Å². The summed E-state index contributed by atoms with van der Waals surface area (Å²) in [5, 5.41) is 15.1. The summed E-state index contributed by atoms with van der Waals surface area (Å²) in [6.45, 7) is 2.29. The highest BCUT2D eigenvalue weighted by Crippen LogP contribution is 2.45. The highest BCUT2D eigenvalue weighted by atomic mass is 15.5. The molecule has 1 aromatic carbocycles. The number of allylic oxidation sites excluding steroid dienone is 2. The standard InChI is InChI=1S/C16H19N5/c1-11(14-9-12-6-7-13(14)8-12)18-15-4-2-3-5-16(15)21-10-17-19-20-21/h2-7,10-14,18H,8-9H2,1H3. The van der Waals surface area contributed by atoms with Crippen molar-refractivity contribution in [1.82, 2.24) is 20.2 Å². The van der Waals surface area contributed by atoms with Crippen molar-refractivity contribution in [2.24, 2.45) is 17.8 Å². The number of aromatic nitrogens is 4. The lowest BCUT2D eigenvalue weighted by atomic mass is 9.87. The smallest absolute Gasteiger partial charge is 0.143 e. The van der Waals surface area contributed by atoms with Crippen molar-refractivity contribution in [3.63, 3.8) is 0 Å². The first-order valence-electron chi connectivity index (χ1n) is 7.58. The van der Waals surface area contributed by atoms with Crippen LogP contribution in [0.4, 0.5) is 5.69 Å². The Labute approximate surface area is 124 Å². The molecular formula is C16H19N5. The molecule has 5 nitrogen and oxygen atoms in total. The Bertz CT molecular complexity index is 648. The third-order valence-corrected chi connectivity index (χ3v) is 4.86. The maximum Gasteiger partial charge on any atom is 0.143 e. The van der Waals surface area contributed by atoms with Gasteiger partial charge in [0.2, 0.25) is 0 Å². The van der Waals surface area contributed by atoms with E-state index in [1.807, 2.05) is 18.2 Å². The van der Waals surface area contributed by atoms with Crippen LogP contribution >= 0.6 is 0 Å². The van der Waals surface area contributed by atoms with Gasteiger partial charge < -0.3 is 5.32 Å². The summed E-state index contributed by atoms with van der Waals surface area (Å²) in [5.74, 6) is 2.28. The normalized spacial score (nSPS) is 28.0. The summed E-state index contributed by atoms with van der Waals surface area (Å²) < 4.78 is 1.70. The summed E-state index contributed by atoms with van der Waals surface area (Å²) in [4.78, 5) is 0. The molecule has 1 heterocycles. The number of rotatable bonds is 4. The molecule has 2 aliphatic rings. The Morgan fingerprint density at radius 2 is 2.14 bits per heavy atom. The largest absolute Gasteiger partial charge is 0.381 e. The van der Waals surface area contributed by atoms with Crippen LogP contribution in [0.3, 0.4) is 0 Å². The van der Waals surface area contributed by atoms with Crippen molar-refractivity contribution in [3.05, 3.63) is 42.7 Å². The highest BCUT2D eigenvalue weighted by Gasteiger charge is 2.38. The van der Waals surface area contributed by atoms with Gasteiger partial charge in [-0.15, -0.1) is 5.10 Å². The molecular weight excluding hydrogens is 262 g/mol. The monoisotopic (exact) mass is 281 g/mol. The first-order valence-corrected chi connectivity index (χ1v) is 7.58. The number of hydrogen-bond donors (Lipinski definition) is 1. The molecule has 4 rings (SSSR count). The Morgan fingerprint density at radius 1 is 1.24 bits per heavy atom. The molecule has 21 heavy (non-hydrogen) atoms. The predicted octanol–water partition coefficient (Wildman–Crippen LogP) is 2.67. The van der Waals surface area contributed by atoms with Gasteiger partial charge in [0.1, 0.15) is 6.33 Å². The minimum absolute atomic E-state index is 0.447. The lowest BCUT2D eigenvalue weighted by Crippen LogP contribution is -2.29. The molecule has 1 aromatic heterocycles. The molecule has 0 aliphatic heterocycles. The van der Waals surface area contributed by atoms with Gasteiger partial charge in [-0.25, -0.2) is 0 Å². The summed E-state index contributed by atoms with van der Waals surface area (Å²) in [5.41, 5.74) is 2.08. The maximum atomic E-state index is 3.99. The molecule has 0 amide bonds. The van der Waals surface area contributed by atoms with Gasteiger partial charge in [-0.05, 0) is 60.1 Å². The average molecular weight is 281 g/mol. The van der Waals surface area contributed by atoms with E-state index in [4.69, 9.17) is 0 Å². The Balaban J connectivity index is 1.56. The summed E-state index contributed by atoms with van der Waals surface area (Å²) >= 11 is 0. The molecule has 2 aromatic rings. The molecule has 0 radical (unpaired) electrons. The minimum Gasteiger partial charge on any atom is -0.381 e. The van der Waals surface area contributed by atoms with Crippen LogP contribution in [-0.2, 0) is 0 Å². The number of tetrazole rings is 1. The zero-order chi connectivity index (χ0) is 14.2. The number of fused-ring (bicyclic) bond motifs is 2. The van der Waals surface area contributed by atoms with Crippen molar-refractivity contribution in [2.45, 2.75) is 25.8 Å². The van der Waals surface area contributed by atoms with E-state index in [0.717, 1.165) is 29.1 Å². The quantitative estimate of drug-likeness (QED) is 0.875. The first kappa shape index (κ1) is 12.6. The molecule has 4 atom stereocenters. The van der Waals surface area contributed by atoms with Crippen LogP contribution in [0.15, 0.2) is 42.7 Å². The molecule has 1 N–H and O–H groups in total. The lowest BCUT2D eigenvalue weighted by molar-refractivity contribution is 0.400. The number of nitrogens with one attached hydrogen (secondary N) is 1. The third kappa shape index (κ3) is 2.22. The molecule has 4 unspecified atom stereocenters. The summed E-state index contributed by atoms with van der Waals surface area (Å²) in [6.07, 6.45) is 9.08. The van der Waals surface area contributed by atoms with E-state index in [1.54, 1.807) is 11.0 Å². The van der Waals surface area contributed by atoms with Crippen molar-refractivity contribution in [3.8, 4) is 5.69 Å². The highest BCUT2D eigenvalue weighted by molar-refractivity contribution is 5.60. The molecule has 1 saturated carbocycles. The fourth-order valence-corrected chi connectivity index (χ4v) is 3.82. The predicted molar refractivity (Wildman–Crippen MR) is 81.1 cm³/mol. The second-order valence-electron chi connectivity index (χ2n) is 6.15. The Hall–Kier alpha value is -2.17. The van der Waals surface area contributed by atoms with Crippen LogP contribution in [0.2, 0.25) is 0 Å². The SMILES string of the molecule is CC(Nc1ccccc1-n1cnnn1)C1CC2C=CC1C2. The summed E-state index contributed by atoms with van der Waals surface area (Å²) in [6, 6.07) is 8.63. The van der Waals surface area contributed by atoms with E-state index in [-0.39, 0.29) is 0 Å². The zero-order valence-corrected chi connectivity index (χ0v) is 12.1. The fraction of sp³-hybridized carbons (Fsp3) is 0.438. The van der Waals surface area contributed by atoms with Gasteiger partial charge in [0.15, 0.2) is 0 Å². The van der Waals surface area contributed by atoms with E-state index in [1.165, 1.54) is 12.8 Å². The van der Waals surface area contributed by atoms with Crippen LogP contribution in [-0.4, -0.2) is 26.2 Å². The van der Waals surface area contributed by atoms with Crippen LogP contribution < -0.4 is 5.32 Å². The number of anilines is 1. The molecule has 108 valence electrons. The van der Waals surface area contributed by atoms with Gasteiger partial charge in [0.05, 0.1) is 11.4 Å². The second-order valence-corrected chi connectivity index (χ2v) is 6.15. The van der Waals surface area contributed by atoms with E-state index in [9.17, 15) is 0 Å². The molecule has 1 fully saturated rings. The third-order valence-electron chi connectivity index (χ3n) is 4.86. The van der Waals surface area contributed by atoms with E-state index in [0.29, 0.717) is 6.04 Å². The number of hydrogen-bond acceptors (Lipinski definition) is 4. The maximum absolute atomic E-state index is 3.99. The Kier molecular flexibility index (Phi) is 2.98. The van der Waals surface area contributed by atoms with E-state index in [2.05, 4.69) is 46.0 Å². The Morgan fingerprint density at radius 3 is 2.86 bits per heavy atom. The zero-order valence-electron chi connectivity index (χ0n) is 12.1. The second kappa shape index (κ2) is 4.98. The van der Waals surface area contributed by atoms with E-state index < -0.39 is 0 Å². The average Bonchev–Trinajstić information content (AvgIpc) is 3.25. The topological polar surface area (TPSA) is 55.6 Å². The molecule has 5 heteroatoms. The summed E-state index contributed by atoms with van der Waals surface area (Å²) in [7, 11) is 0. The van der Waals surface area contributed by atoms with Crippen LogP contribution in [0.5, 0.6) is 0 Å². The number of nitrogens with zero attached hydrogens (tertiary/aromatic N) is 4. The van der Waals surface area contributed by atoms with Gasteiger partial charge in [-0.1, -0.05) is 24.3 Å². The van der Waals surface area contributed by atoms with Crippen LogP contribution in [0.25, 0.3) is 5.69 Å². The van der Waals surface area contributed by atoms with Crippen molar-refractivity contribution >= 4 is 5.69 Å². The van der Waals surface area contributed by atoms with E-state index >= 15 is 0 Å². The molecule has 2 bridgehead atoms. The molecule has 2 aliphatic carbocycles. The van der Waals surface area contributed by atoms with Crippen molar-refractivity contribution < 1.29 is 0 Å². The number of para-hydroxylation sites is 2. The fourth-order valence-electron chi connectivity index (χ4n) is 3.82. The van der Waals surface area contributed by atoms with Gasteiger partial charge in [-0.3, -0.25) is 0 Å². The van der Waals surface area contributed by atoms with Gasteiger partial charge in [0.25, 0.3) is 0 Å². The lowest BCUT2D eigenvalue weighted by Gasteiger charge is -2.27. The van der Waals surface area contributed by atoms with Crippen LogP contribution in [0, 0.1) is 17.8 Å². The number of benzene rings is 1.